The number of ether oxygens (including phenoxy) is 1. The van der Waals surface area contributed by atoms with Gasteiger partial charge in [0.15, 0.2) is 0 Å². The van der Waals surface area contributed by atoms with Gasteiger partial charge in [-0.3, -0.25) is 4.79 Å². The molecule has 1 amide bonds. The van der Waals surface area contributed by atoms with Gasteiger partial charge in [-0.15, -0.1) is 0 Å². The molecule has 19 heavy (non-hydrogen) atoms. The zero-order valence-electron chi connectivity index (χ0n) is 11.4. The molecule has 3 N–H and O–H groups in total. The first-order valence-electron chi connectivity index (χ1n) is 6.82. The average molecular weight is 262 g/mol. The Hall–Kier alpha value is -1.39. The van der Waals surface area contributed by atoms with Crippen molar-refractivity contribution in [3.8, 4) is 0 Å². The summed E-state index contributed by atoms with van der Waals surface area (Å²) in [5.74, 6) is 0.272. The molecule has 1 aromatic carbocycles. The Morgan fingerprint density at radius 1 is 1.53 bits per heavy atom. The molecule has 1 aliphatic rings. The summed E-state index contributed by atoms with van der Waals surface area (Å²) in [6.07, 6.45) is 3.45. The molecular weight excluding hydrogens is 240 g/mol. The van der Waals surface area contributed by atoms with Crippen LogP contribution in [0.5, 0.6) is 0 Å². The second-order valence-corrected chi connectivity index (χ2v) is 5.09. The molecule has 0 fully saturated rings. The Morgan fingerprint density at radius 2 is 2.32 bits per heavy atom. The van der Waals surface area contributed by atoms with Crippen LogP contribution in [-0.4, -0.2) is 32.2 Å². The van der Waals surface area contributed by atoms with E-state index in [0.717, 1.165) is 12.8 Å². The maximum Gasteiger partial charge on any atom is 0.239 e. The van der Waals surface area contributed by atoms with Gasteiger partial charge in [-0.25, -0.2) is 0 Å². The van der Waals surface area contributed by atoms with Crippen LogP contribution in [0.4, 0.5) is 0 Å². The van der Waals surface area contributed by atoms with E-state index in [-0.39, 0.29) is 12.5 Å². The standard InChI is InChI=1S/C15H22N2O2/c1-19-10-14(16)15(18)17-9-12-7-4-6-11-5-2-3-8-13(11)12/h2-3,5,8,12,14H,4,6-7,9-10,16H2,1H3,(H,17,18). The summed E-state index contributed by atoms with van der Waals surface area (Å²) in [5.41, 5.74) is 8.48. The van der Waals surface area contributed by atoms with Gasteiger partial charge in [-0.1, -0.05) is 24.3 Å². The molecule has 1 aliphatic carbocycles. The van der Waals surface area contributed by atoms with Gasteiger partial charge in [-0.2, -0.15) is 0 Å². The van der Waals surface area contributed by atoms with Crippen molar-refractivity contribution < 1.29 is 9.53 Å². The summed E-state index contributed by atoms with van der Waals surface area (Å²) in [6.45, 7) is 0.917. The van der Waals surface area contributed by atoms with E-state index < -0.39 is 6.04 Å². The van der Waals surface area contributed by atoms with Crippen molar-refractivity contribution in [2.45, 2.75) is 31.2 Å². The molecule has 2 rings (SSSR count). The summed E-state index contributed by atoms with van der Waals surface area (Å²) in [4.78, 5) is 11.8. The highest BCUT2D eigenvalue weighted by Gasteiger charge is 2.21. The van der Waals surface area contributed by atoms with E-state index in [1.54, 1.807) is 7.11 Å². The van der Waals surface area contributed by atoms with Gasteiger partial charge in [0.25, 0.3) is 0 Å². The van der Waals surface area contributed by atoms with Crippen molar-refractivity contribution in [2.75, 3.05) is 20.3 Å². The first-order chi connectivity index (χ1) is 9.22. The highest BCUT2D eigenvalue weighted by atomic mass is 16.5. The highest BCUT2D eigenvalue weighted by molar-refractivity contribution is 5.81. The molecule has 0 bridgehead atoms. The summed E-state index contributed by atoms with van der Waals surface area (Å²) >= 11 is 0. The van der Waals surface area contributed by atoms with Crippen LogP contribution < -0.4 is 11.1 Å². The Balaban J connectivity index is 1.92. The summed E-state index contributed by atoms with van der Waals surface area (Å²) in [7, 11) is 1.55. The topological polar surface area (TPSA) is 64.3 Å². The van der Waals surface area contributed by atoms with Crippen LogP contribution in [0.25, 0.3) is 0 Å². The van der Waals surface area contributed by atoms with Crippen LogP contribution in [0.1, 0.15) is 29.9 Å². The van der Waals surface area contributed by atoms with E-state index >= 15 is 0 Å². The second kappa shape index (κ2) is 6.68. The Morgan fingerprint density at radius 3 is 3.11 bits per heavy atom. The lowest BCUT2D eigenvalue weighted by Crippen LogP contribution is -2.44. The monoisotopic (exact) mass is 262 g/mol. The quantitative estimate of drug-likeness (QED) is 0.838. The fraction of sp³-hybridized carbons (Fsp3) is 0.533. The van der Waals surface area contributed by atoms with Gasteiger partial charge >= 0.3 is 0 Å². The number of aryl methyl sites for hydroxylation is 1. The molecule has 2 unspecified atom stereocenters. The summed E-state index contributed by atoms with van der Waals surface area (Å²) in [6, 6.07) is 7.91. The van der Waals surface area contributed by atoms with Crippen LogP contribution in [0.3, 0.4) is 0 Å². The van der Waals surface area contributed by atoms with Gasteiger partial charge in [0.1, 0.15) is 6.04 Å². The Labute approximate surface area is 114 Å². The van der Waals surface area contributed by atoms with Gasteiger partial charge < -0.3 is 15.8 Å². The number of amides is 1. The molecule has 4 heteroatoms. The lowest BCUT2D eigenvalue weighted by Gasteiger charge is -2.26. The third kappa shape index (κ3) is 3.55. The smallest absolute Gasteiger partial charge is 0.239 e. The van der Waals surface area contributed by atoms with Crippen molar-refractivity contribution in [2.24, 2.45) is 5.73 Å². The number of benzene rings is 1. The second-order valence-electron chi connectivity index (χ2n) is 5.09. The van der Waals surface area contributed by atoms with E-state index in [4.69, 9.17) is 10.5 Å². The molecule has 1 aromatic rings. The molecular formula is C15H22N2O2. The number of methoxy groups -OCH3 is 1. The molecule has 0 heterocycles. The molecule has 0 saturated carbocycles. The predicted molar refractivity (Wildman–Crippen MR) is 75.0 cm³/mol. The van der Waals surface area contributed by atoms with Crippen LogP contribution in [-0.2, 0) is 16.0 Å². The molecule has 2 atom stereocenters. The summed E-state index contributed by atoms with van der Waals surface area (Å²) in [5, 5.41) is 2.93. The first-order valence-corrected chi connectivity index (χ1v) is 6.82. The van der Waals surface area contributed by atoms with Crippen LogP contribution in [0, 0.1) is 0 Å². The van der Waals surface area contributed by atoms with E-state index in [9.17, 15) is 4.79 Å². The number of hydrogen-bond acceptors (Lipinski definition) is 3. The number of hydrogen-bond donors (Lipinski definition) is 2. The predicted octanol–water partition coefficient (Wildman–Crippen LogP) is 1.20. The van der Waals surface area contributed by atoms with Crippen molar-refractivity contribution in [3.63, 3.8) is 0 Å². The fourth-order valence-electron chi connectivity index (χ4n) is 2.68. The fourth-order valence-corrected chi connectivity index (χ4v) is 2.68. The normalized spacial score (nSPS) is 19.6. The van der Waals surface area contributed by atoms with E-state index in [1.165, 1.54) is 17.5 Å². The third-order valence-electron chi connectivity index (χ3n) is 3.70. The minimum absolute atomic E-state index is 0.134. The van der Waals surface area contributed by atoms with Gasteiger partial charge in [0.2, 0.25) is 5.91 Å². The van der Waals surface area contributed by atoms with E-state index in [1.807, 2.05) is 0 Å². The zero-order chi connectivity index (χ0) is 13.7. The maximum atomic E-state index is 11.8. The molecule has 104 valence electrons. The molecule has 0 spiro atoms. The van der Waals surface area contributed by atoms with E-state index in [2.05, 4.69) is 29.6 Å². The molecule has 0 aliphatic heterocycles. The Bertz CT molecular complexity index is 434. The lowest BCUT2D eigenvalue weighted by molar-refractivity contribution is -0.123. The van der Waals surface area contributed by atoms with Crippen LogP contribution in [0.2, 0.25) is 0 Å². The highest BCUT2D eigenvalue weighted by Crippen LogP contribution is 2.30. The average Bonchev–Trinajstić information content (AvgIpc) is 2.45. The number of fused-ring (bicyclic) bond motifs is 1. The van der Waals surface area contributed by atoms with Gasteiger partial charge in [0, 0.05) is 19.6 Å². The Kier molecular flexibility index (Phi) is 4.93. The van der Waals surface area contributed by atoms with Crippen molar-refractivity contribution in [3.05, 3.63) is 35.4 Å². The zero-order valence-corrected chi connectivity index (χ0v) is 11.4. The van der Waals surface area contributed by atoms with Crippen molar-refractivity contribution in [1.82, 2.24) is 5.32 Å². The molecule has 0 radical (unpaired) electrons. The van der Waals surface area contributed by atoms with Crippen LogP contribution >= 0.6 is 0 Å². The van der Waals surface area contributed by atoms with Crippen LogP contribution in [0.15, 0.2) is 24.3 Å². The SMILES string of the molecule is COCC(N)C(=O)NCC1CCCc2ccccc21. The minimum Gasteiger partial charge on any atom is -0.383 e. The summed E-state index contributed by atoms with van der Waals surface area (Å²) < 4.78 is 4.89. The van der Waals surface area contributed by atoms with Crippen molar-refractivity contribution in [1.29, 1.82) is 0 Å². The molecule has 0 aromatic heterocycles. The minimum atomic E-state index is -0.580. The number of rotatable bonds is 5. The number of carbonyl (C=O) groups excluding carboxylic acids is 1. The number of nitrogens with one attached hydrogen (secondary N) is 1. The molecule has 0 saturated heterocycles. The first kappa shape index (κ1) is 14.0. The third-order valence-corrected chi connectivity index (χ3v) is 3.70. The van der Waals surface area contributed by atoms with Crippen molar-refractivity contribution >= 4 is 5.91 Å². The van der Waals surface area contributed by atoms with Gasteiger partial charge in [-0.05, 0) is 30.4 Å². The number of carbonyl (C=O) groups is 1. The van der Waals surface area contributed by atoms with E-state index in [0.29, 0.717) is 12.5 Å². The largest absolute Gasteiger partial charge is 0.383 e. The maximum absolute atomic E-state index is 11.8. The number of nitrogens with two attached hydrogens (primary N) is 1. The van der Waals surface area contributed by atoms with Gasteiger partial charge in [0.05, 0.1) is 6.61 Å². The lowest BCUT2D eigenvalue weighted by atomic mass is 9.83. The molecule has 4 nitrogen and oxygen atoms in total.